The van der Waals surface area contributed by atoms with E-state index in [-0.39, 0.29) is 17.5 Å². The summed E-state index contributed by atoms with van der Waals surface area (Å²) in [6.45, 7) is 18.9. The van der Waals surface area contributed by atoms with E-state index in [4.69, 9.17) is 0 Å². The van der Waals surface area contributed by atoms with Crippen molar-refractivity contribution in [2.75, 3.05) is 9.80 Å². The molecule has 0 aliphatic carbocycles. The maximum absolute atomic E-state index is 2.77. The third-order valence-corrected chi connectivity index (χ3v) is 15.5. The van der Waals surface area contributed by atoms with E-state index >= 15 is 0 Å². The van der Waals surface area contributed by atoms with Crippen molar-refractivity contribution in [3.63, 3.8) is 0 Å². The summed E-state index contributed by atoms with van der Waals surface area (Å²) in [7, 11) is 0. The topological polar surface area (TPSA) is 6.48 Å². The summed E-state index contributed by atoms with van der Waals surface area (Å²) < 4.78 is 0. The quantitative estimate of drug-likeness (QED) is 0.113. The lowest BCUT2D eigenvalue weighted by atomic mass is 9.33. The molecule has 0 fully saturated rings. The highest BCUT2D eigenvalue weighted by Gasteiger charge is 2.46. The number of aryl methyl sites for hydroxylation is 2. The monoisotopic (exact) mass is 949 g/mol. The summed E-state index contributed by atoms with van der Waals surface area (Å²) in [4.78, 5) is 5.45. The van der Waals surface area contributed by atoms with Crippen LogP contribution >= 0.6 is 0 Å². The van der Waals surface area contributed by atoms with E-state index in [0.29, 0.717) is 0 Å². The van der Waals surface area contributed by atoms with Crippen LogP contribution in [0.5, 0.6) is 0 Å². The second-order valence-corrected chi connectivity index (χ2v) is 22.6. The molecule has 0 aromatic heterocycles. The number of rotatable bonds is 12. The molecule has 73 heavy (non-hydrogen) atoms. The van der Waals surface area contributed by atoms with Crippen molar-refractivity contribution in [3.05, 3.63) is 222 Å². The standard InChI is InChI=1S/C70H69BN2/c1-9-11-26-54-42-56(69(3,4)5)43-55(27-12-10-2)67(54)72-62-40-38-52(48-28-17-13-18-29-48)44-60(62)71-61-45-53(49-30-19-14-20-31-49)39-41-63(61)73(65-47-57(70(6,7)8)46-64(72)66(65)71)68-58(50-32-21-15-22-33-50)36-25-37-59(68)51-34-23-16-24-35-51/h13-25,28-47H,9-12,26-27H2,1-8H3. The first-order chi connectivity index (χ1) is 35.4. The van der Waals surface area contributed by atoms with Gasteiger partial charge in [0.15, 0.2) is 0 Å². The van der Waals surface area contributed by atoms with Crippen LogP contribution in [0, 0.1) is 0 Å². The van der Waals surface area contributed by atoms with Gasteiger partial charge < -0.3 is 9.80 Å². The molecule has 2 aliphatic heterocycles. The van der Waals surface area contributed by atoms with Crippen molar-refractivity contribution in [3.8, 4) is 44.5 Å². The molecular formula is C70H69BN2. The third kappa shape index (κ3) is 8.92. The molecule has 0 bridgehead atoms. The molecule has 2 heterocycles. The van der Waals surface area contributed by atoms with Crippen LogP contribution in [0.15, 0.2) is 200 Å². The van der Waals surface area contributed by atoms with Crippen molar-refractivity contribution < 1.29 is 0 Å². The van der Waals surface area contributed by atoms with E-state index in [1.807, 2.05) is 0 Å². The summed E-state index contributed by atoms with van der Waals surface area (Å²) in [6.07, 6.45) is 6.58. The van der Waals surface area contributed by atoms with Gasteiger partial charge in [-0.1, -0.05) is 244 Å². The first kappa shape index (κ1) is 47.9. The van der Waals surface area contributed by atoms with Crippen LogP contribution in [0.3, 0.4) is 0 Å². The molecule has 2 nitrogen and oxygen atoms in total. The predicted molar refractivity (Wildman–Crippen MR) is 317 cm³/mol. The van der Waals surface area contributed by atoms with Crippen LogP contribution in [0.4, 0.5) is 34.1 Å². The number of hydrogen-bond acceptors (Lipinski definition) is 2. The van der Waals surface area contributed by atoms with Gasteiger partial charge >= 0.3 is 0 Å². The highest BCUT2D eigenvalue weighted by atomic mass is 15.2. The van der Waals surface area contributed by atoms with Crippen LogP contribution in [-0.2, 0) is 23.7 Å². The van der Waals surface area contributed by atoms with Gasteiger partial charge in [0.25, 0.3) is 6.71 Å². The maximum atomic E-state index is 2.77. The lowest BCUT2D eigenvalue weighted by molar-refractivity contribution is 0.587. The second kappa shape index (κ2) is 19.6. The normalized spacial score (nSPS) is 12.9. The zero-order valence-corrected chi connectivity index (χ0v) is 44.3. The van der Waals surface area contributed by atoms with Crippen LogP contribution in [0.1, 0.15) is 103 Å². The molecule has 9 aromatic rings. The third-order valence-electron chi connectivity index (χ3n) is 15.5. The first-order valence-electron chi connectivity index (χ1n) is 27.0. The fraction of sp³-hybridized carbons (Fsp3) is 0.229. The second-order valence-electron chi connectivity index (χ2n) is 22.6. The zero-order valence-electron chi connectivity index (χ0n) is 44.3. The molecular weight excluding hydrogens is 880 g/mol. The van der Waals surface area contributed by atoms with E-state index in [1.165, 1.54) is 117 Å². The van der Waals surface area contributed by atoms with Crippen LogP contribution in [-0.4, -0.2) is 6.71 Å². The number of anilines is 6. The van der Waals surface area contributed by atoms with E-state index in [2.05, 4.69) is 265 Å². The molecule has 2 aliphatic rings. The average Bonchev–Trinajstić information content (AvgIpc) is 3.42. The van der Waals surface area contributed by atoms with Gasteiger partial charge in [0, 0.05) is 33.9 Å². The van der Waals surface area contributed by atoms with Crippen molar-refractivity contribution in [1.82, 2.24) is 0 Å². The molecule has 0 N–H and O–H groups in total. The summed E-state index contributed by atoms with van der Waals surface area (Å²) in [5, 5.41) is 0. The van der Waals surface area contributed by atoms with Crippen molar-refractivity contribution in [2.24, 2.45) is 0 Å². The minimum Gasteiger partial charge on any atom is -0.311 e. The minimum absolute atomic E-state index is 0.00450. The number of fused-ring (bicyclic) bond motifs is 4. The van der Waals surface area contributed by atoms with Crippen molar-refractivity contribution in [1.29, 1.82) is 0 Å². The molecule has 9 aromatic carbocycles. The van der Waals surface area contributed by atoms with Gasteiger partial charge in [0.1, 0.15) is 0 Å². The molecule has 0 atom stereocenters. The summed E-state index contributed by atoms with van der Waals surface area (Å²) >= 11 is 0. The SMILES string of the molecule is CCCCc1cc(C(C)(C)C)cc(CCCC)c1N1c2ccc(-c3ccccc3)cc2B2c3cc(-c4ccccc4)ccc3N(c3c(-c4ccccc4)cccc3-c3ccccc3)c3cc(C(C)(C)C)cc1c32. The number of nitrogens with zero attached hydrogens (tertiary/aromatic N) is 2. The Hall–Kier alpha value is -7.36. The Kier molecular flexibility index (Phi) is 12.9. The van der Waals surface area contributed by atoms with Gasteiger partial charge in [-0.3, -0.25) is 0 Å². The number of hydrogen-bond donors (Lipinski definition) is 0. The molecule has 11 rings (SSSR count). The molecule has 0 amide bonds. The Bertz CT molecular complexity index is 3350. The number of unbranched alkanes of at least 4 members (excludes halogenated alkanes) is 2. The van der Waals surface area contributed by atoms with Crippen LogP contribution in [0.25, 0.3) is 44.5 Å². The molecule has 0 radical (unpaired) electrons. The molecule has 0 spiro atoms. The van der Waals surface area contributed by atoms with E-state index < -0.39 is 0 Å². The molecule has 0 unspecified atom stereocenters. The first-order valence-corrected chi connectivity index (χ1v) is 27.0. The number of para-hydroxylation sites is 1. The van der Waals surface area contributed by atoms with E-state index in [9.17, 15) is 0 Å². The molecule has 3 heteroatoms. The fourth-order valence-electron chi connectivity index (χ4n) is 11.6. The van der Waals surface area contributed by atoms with Gasteiger partial charge in [-0.2, -0.15) is 0 Å². The zero-order chi connectivity index (χ0) is 50.4. The molecule has 0 saturated heterocycles. The smallest absolute Gasteiger partial charge is 0.252 e. The van der Waals surface area contributed by atoms with E-state index in [0.717, 1.165) is 38.5 Å². The van der Waals surface area contributed by atoms with E-state index in [1.54, 1.807) is 0 Å². The Morgan fingerprint density at radius 1 is 0.356 bits per heavy atom. The molecule has 0 saturated carbocycles. The Morgan fingerprint density at radius 3 is 1.14 bits per heavy atom. The van der Waals surface area contributed by atoms with Crippen LogP contribution in [0.2, 0.25) is 0 Å². The highest BCUT2D eigenvalue weighted by Crippen LogP contribution is 2.52. The van der Waals surface area contributed by atoms with Gasteiger partial charge in [0.2, 0.25) is 0 Å². The van der Waals surface area contributed by atoms with Gasteiger partial charge in [-0.15, -0.1) is 0 Å². The van der Waals surface area contributed by atoms with Crippen LogP contribution < -0.4 is 26.2 Å². The molecule has 362 valence electrons. The maximum Gasteiger partial charge on any atom is 0.252 e. The predicted octanol–water partition coefficient (Wildman–Crippen LogP) is 17.7. The average molecular weight is 949 g/mol. The largest absolute Gasteiger partial charge is 0.311 e. The lowest BCUT2D eigenvalue weighted by Gasteiger charge is -2.46. The highest BCUT2D eigenvalue weighted by molar-refractivity contribution is 7.00. The summed E-state index contributed by atoms with van der Waals surface area (Å²) in [6, 6.07) is 76.1. The van der Waals surface area contributed by atoms with Gasteiger partial charge in [-0.05, 0) is 133 Å². The van der Waals surface area contributed by atoms with Crippen molar-refractivity contribution >= 4 is 57.2 Å². The Morgan fingerprint density at radius 2 is 0.740 bits per heavy atom. The summed E-state index contributed by atoms with van der Waals surface area (Å²) in [5.41, 5.74) is 26.8. The Balaban J connectivity index is 1.32. The van der Waals surface area contributed by atoms with Gasteiger partial charge in [0.05, 0.1) is 11.4 Å². The Labute approximate surface area is 436 Å². The number of benzene rings is 9. The van der Waals surface area contributed by atoms with Crippen molar-refractivity contribution in [2.45, 2.75) is 105 Å². The summed E-state index contributed by atoms with van der Waals surface area (Å²) in [5.74, 6) is 0. The van der Waals surface area contributed by atoms with Gasteiger partial charge in [-0.25, -0.2) is 0 Å². The fourth-order valence-corrected chi connectivity index (χ4v) is 11.6. The minimum atomic E-state index is -0.166. The lowest BCUT2D eigenvalue weighted by Crippen LogP contribution is -2.61.